The molecule has 1 saturated heterocycles. The molecule has 158 valence electrons. The maximum Gasteiger partial charge on any atom is 0.410 e. The molecule has 1 aliphatic rings. The minimum absolute atomic E-state index is 0.221. The summed E-state index contributed by atoms with van der Waals surface area (Å²) in [5.74, 6) is 0.978. The van der Waals surface area contributed by atoms with Crippen LogP contribution in [0.25, 0.3) is 0 Å². The number of aromatic nitrogens is 2. The van der Waals surface area contributed by atoms with Crippen LogP contribution in [-0.4, -0.2) is 52.7 Å². The van der Waals surface area contributed by atoms with Gasteiger partial charge in [-0.1, -0.05) is 12.1 Å². The van der Waals surface area contributed by atoms with Crippen LogP contribution in [0.2, 0.25) is 0 Å². The Bertz CT molecular complexity index is 752. The fourth-order valence-corrected chi connectivity index (χ4v) is 2.99. The molecule has 0 aliphatic carbocycles. The zero-order valence-electron chi connectivity index (χ0n) is 18.0. The van der Waals surface area contributed by atoms with Crippen molar-refractivity contribution >= 4 is 27.8 Å². The molecule has 0 spiro atoms. The van der Waals surface area contributed by atoms with E-state index >= 15 is 0 Å². The number of ether oxygens (including phenoxy) is 1. The summed E-state index contributed by atoms with van der Waals surface area (Å²) in [6.45, 7) is 12.8. The van der Waals surface area contributed by atoms with Gasteiger partial charge >= 0.3 is 6.09 Å². The Hall–Kier alpha value is -2.15. The van der Waals surface area contributed by atoms with Gasteiger partial charge in [0.25, 0.3) is 0 Å². The molecule has 1 amide bonds. The van der Waals surface area contributed by atoms with Crippen molar-refractivity contribution in [2.24, 2.45) is 0 Å². The highest BCUT2D eigenvalue weighted by Crippen LogP contribution is 2.16. The van der Waals surface area contributed by atoms with Crippen molar-refractivity contribution in [2.75, 3.05) is 31.1 Å². The van der Waals surface area contributed by atoms with Crippen molar-refractivity contribution in [3.05, 3.63) is 52.4 Å². The number of carbonyl (C=O) groups excluding carboxylic acids is 1. The van der Waals surface area contributed by atoms with Crippen LogP contribution in [0.1, 0.15) is 38.3 Å². The quantitative estimate of drug-likeness (QED) is 0.558. The molecule has 1 fully saturated rings. The predicted molar refractivity (Wildman–Crippen MR) is 120 cm³/mol. The number of carbonyl (C=O) groups is 1. The Morgan fingerprint density at radius 1 is 0.966 bits per heavy atom. The molecule has 0 atom stereocenters. The number of halogens is 1. The van der Waals surface area contributed by atoms with Crippen LogP contribution in [0.3, 0.4) is 0 Å². The van der Waals surface area contributed by atoms with Gasteiger partial charge in [0.05, 0.1) is 0 Å². The minimum atomic E-state index is -0.443. The summed E-state index contributed by atoms with van der Waals surface area (Å²) in [6.07, 6.45) is 4.41. The van der Waals surface area contributed by atoms with Crippen molar-refractivity contribution in [3.8, 4) is 0 Å². The lowest BCUT2D eigenvalue weighted by molar-refractivity contribution is 0.0263. The van der Waals surface area contributed by atoms with Gasteiger partial charge in [-0.05, 0) is 80.2 Å². The van der Waals surface area contributed by atoms with Gasteiger partial charge < -0.3 is 14.5 Å². The average Bonchev–Trinajstić information content (AvgIpc) is 2.90. The third-order valence-electron chi connectivity index (χ3n) is 4.24. The number of nitrogens with zero attached hydrogens (tertiary/aromatic N) is 4. The minimum Gasteiger partial charge on any atom is -0.444 e. The van der Waals surface area contributed by atoms with Crippen LogP contribution in [0.5, 0.6) is 0 Å². The molecule has 0 bridgehead atoms. The molecule has 0 N–H and O–H groups in total. The molecule has 1 aliphatic heterocycles. The molecule has 0 unspecified atom stereocenters. The molecule has 0 aromatic carbocycles. The number of rotatable bonds is 1. The summed E-state index contributed by atoms with van der Waals surface area (Å²) in [7, 11) is 0. The van der Waals surface area contributed by atoms with Gasteiger partial charge in [0.15, 0.2) is 0 Å². The maximum absolute atomic E-state index is 12.1. The number of hydrogen-bond donors (Lipinski definition) is 0. The Morgan fingerprint density at radius 3 is 2.14 bits per heavy atom. The highest BCUT2D eigenvalue weighted by atomic mass is 79.9. The van der Waals surface area contributed by atoms with E-state index in [9.17, 15) is 4.79 Å². The summed E-state index contributed by atoms with van der Waals surface area (Å²) >= 11 is 3.23. The topological polar surface area (TPSA) is 58.6 Å². The normalized spacial score (nSPS) is 14.6. The average molecular weight is 463 g/mol. The summed E-state index contributed by atoms with van der Waals surface area (Å²) in [5.41, 5.74) is 1.90. The molecular formula is C22H31BrN4O2. The lowest BCUT2D eigenvalue weighted by atomic mass is 10.2. The molecule has 2 aromatic rings. The third kappa shape index (κ3) is 8.40. The SMILES string of the molecule is Cc1ccc(Br)nc1.Cc1ccc(N2CCCN(C(=O)OC(C)(C)C)CC2)nc1. The smallest absolute Gasteiger partial charge is 0.410 e. The largest absolute Gasteiger partial charge is 0.444 e. The van der Waals surface area contributed by atoms with Gasteiger partial charge in [-0.3, -0.25) is 0 Å². The standard InChI is InChI=1S/C16H25N3O2.C6H6BrN/c1-13-6-7-14(17-12-13)18-8-5-9-19(11-10-18)15(20)21-16(2,3)4;1-5-2-3-6(7)8-4-5/h6-7,12H,5,8-11H2,1-4H3;2-4H,1H3. The summed E-state index contributed by atoms with van der Waals surface area (Å²) in [6, 6.07) is 8.05. The number of pyridine rings is 2. The number of aryl methyl sites for hydroxylation is 2. The Balaban J connectivity index is 0.000000313. The molecule has 7 heteroatoms. The Labute approximate surface area is 182 Å². The molecule has 29 heavy (non-hydrogen) atoms. The zero-order valence-corrected chi connectivity index (χ0v) is 19.6. The van der Waals surface area contributed by atoms with Crippen LogP contribution in [-0.2, 0) is 4.74 Å². The first-order valence-corrected chi connectivity index (χ1v) is 10.7. The monoisotopic (exact) mass is 462 g/mol. The molecule has 3 heterocycles. The van der Waals surface area contributed by atoms with Crippen molar-refractivity contribution in [2.45, 2.75) is 46.6 Å². The highest BCUT2D eigenvalue weighted by molar-refractivity contribution is 9.10. The van der Waals surface area contributed by atoms with E-state index in [2.05, 4.69) is 36.9 Å². The van der Waals surface area contributed by atoms with Gasteiger partial charge in [-0.15, -0.1) is 0 Å². The molecule has 0 radical (unpaired) electrons. The van der Waals surface area contributed by atoms with Crippen molar-refractivity contribution in [3.63, 3.8) is 0 Å². The van der Waals surface area contributed by atoms with Gasteiger partial charge in [-0.25, -0.2) is 14.8 Å². The van der Waals surface area contributed by atoms with Gasteiger partial charge in [0, 0.05) is 38.6 Å². The van der Waals surface area contributed by atoms with E-state index < -0.39 is 5.60 Å². The van der Waals surface area contributed by atoms with Gasteiger partial charge in [-0.2, -0.15) is 0 Å². The van der Waals surface area contributed by atoms with Crippen molar-refractivity contribution in [1.82, 2.24) is 14.9 Å². The fourth-order valence-electron chi connectivity index (χ4n) is 2.75. The molecule has 2 aromatic heterocycles. The second-order valence-electron chi connectivity index (χ2n) is 8.16. The fraction of sp³-hybridized carbons (Fsp3) is 0.500. The van der Waals surface area contributed by atoms with Crippen LogP contribution in [0, 0.1) is 13.8 Å². The first-order chi connectivity index (χ1) is 13.6. The Morgan fingerprint density at radius 2 is 1.62 bits per heavy atom. The predicted octanol–water partition coefficient (Wildman–Crippen LogP) is 4.99. The van der Waals surface area contributed by atoms with Crippen molar-refractivity contribution < 1.29 is 9.53 Å². The maximum atomic E-state index is 12.1. The lowest BCUT2D eigenvalue weighted by Crippen LogP contribution is -2.39. The van der Waals surface area contributed by atoms with Gasteiger partial charge in [0.2, 0.25) is 0 Å². The number of amides is 1. The van der Waals surface area contributed by atoms with E-state index in [0.29, 0.717) is 6.54 Å². The van der Waals surface area contributed by atoms with Crippen LogP contribution >= 0.6 is 15.9 Å². The van der Waals surface area contributed by atoms with Crippen LogP contribution < -0.4 is 4.90 Å². The third-order valence-corrected chi connectivity index (χ3v) is 4.71. The Kier molecular flexibility index (Phi) is 8.44. The summed E-state index contributed by atoms with van der Waals surface area (Å²) < 4.78 is 6.33. The van der Waals surface area contributed by atoms with Crippen LogP contribution in [0.15, 0.2) is 41.3 Å². The molecule has 0 saturated carbocycles. The van der Waals surface area contributed by atoms with E-state index in [1.54, 1.807) is 4.90 Å². The zero-order chi connectivity index (χ0) is 21.4. The summed E-state index contributed by atoms with van der Waals surface area (Å²) in [4.78, 5) is 24.6. The van der Waals surface area contributed by atoms with E-state index in [4.69, 9.17) is 4.74 Å². The second-order valence-corrected chi connectivity index (χ2v) is 8.97. The van der Waals surface area contributed by atoms with E-state index in [0.717, 1.165) is 42.0 Å². The lowest BCUT2D eigenvalue weighted by Gasteiger charge is -2.26. The van der Waals surface area contributed by atoms with E-state index in [1.165, 1.54) is 5.56 Å². The van der Waals surface area contributed by atoms with Gasteiger partial charge in [0.1, 0.15) is 16.0 Å². The highest BCUT2D eigenvalue weighted by Gasteiger charge is 2.24. The van der Waals surface area contributed by atoms with E-state index in [-0.39, 0.29) is 6.09 Å². The number of hydrogen-bond acceptors (Lipinski definition) is 5. The molecule has 3 rings (SSSR count). The molecular weight excluding hydrogens is 432 g/mol. The summed E-state index contributed by atoms with van der Waals surface area (Å²) in [5, 5.41) is 0. The first kappa shape index (κ1) is 23.1. The molecule has 6 nitrogen and oxygen atoms in total. The first-order valence-electron chi connectivity index (χ1n) is 9.88. The number of anilines is 1. The van der Waals surface area contributed by atoms with E-state index in [1.807, 2.05) is 65.2 Å². The van der Waals surface area contributed by atoms with Crippen molar-refractivity contribution in [1.29, 1.82) is 0 Å². The van der Waals surface area contributed by atoms with Crippen LogP contribution in [0.4, 0.5) is 10.6 Å². The second kappa shape index (κ2) is 10.6.